The highest BCUT2D eigenvalue weighted by molar-refractivity contribution is 7.14. The van der Waals surface area contributed by atoms with Gasteiger partial charge in [-0.05, 0) is 36.6 Å². The van der Waals surface area contributed by atoms with Gasteiger partial charge in [0.15, 0.2) is 0 Å². The Kier molecular flexibility index (Phi) is 5.89. The second-order valence-corrected chi connectivity index (χ2v) is 7.56. The SMILES string of the molecule is CCCc1sc(C(=O)N2CCN(c3ncccc3C#N)CC2)cc1CC. The van der Waals surface area contributed by atoms with Crippen LogP contribution in [0.2, 0.25) is 0 Å². The van der Waals surface area contributed by atoms with Gasteiger partial charge in [-0.15, -0.1) is 11.3 Å². The topological polar surface area (TPSA) is 60.2 Å². The van der Waals surface area contributed by atoms with E-state index >= 15 is 0 Å². The van der Waals surface area contributed by atoms with Crippen molar-refractivity contribution in [3.8, 4) is 6.07 Å². The lowest BCUT2D eigenvalue weighted by molar-refractivity contribution is 0.0751. The third-order valence-electron chi connectivity index (χ3n) is 4.74. The molecule has 1 aliphatic rings. The summed E-state index contributed by atoms with van der Waals surface area (Å²) in [6.07, 6.45) is 4.83. The summed E-state index contributed by atoms with van der Waals surface area (Å²) in [5.74, 6) is 0.852. The summed E-state index contributed by atoms with van der Waals surface area (Å²) in [4.78, 5) is 23.5. The van der Waals surface area contributed by atoms with Crippen LogP contribution in [0.4, 0.5) is 5.82 Å². The number of aromatic nitrogens is 1. The molecule has 2 aromatic heterocycles. The third-order valence-corrected chi connectivity index (χ3v) is 5.96. The van der Waals surface area contributed by atoms with E-state index in [4.69, 9.17) is 0 Å². The quantitative estimate of drug-likeness (QED) is 0.810. The zero-order chi connectivity index (χ0) is 18.5. The molecule has 0 N–H and O–H groups in total. The van der Waals surface area contributed by atoms with Gasteiger partial charge >= 0.3 is 0 Å². The van der Waals surface area contributed by atoms with Crippen LogP contribution >= 0.6 is 11.3 Å². The molecular formula is C20H24N4OS. The number of pyridine rings is 1. The van der Waals surface area contributed by atoms with E-state index in [2.05, 4.69) is 35.9 Å². The van der Waals surface area contributed by atoms with Gasteiger partial charge in [0.05, 0.1) is 10.4 Å². The Morgan fingerprint density at radius 2 is 2.08 bits per heavy atom. The van der Waals surface area contributed by atoms with Crippen LogP contribution in [0.3, 0.4) is 0 Å². The zero-order valence-corrected chi connectivity index (χ0v) is 16.2. The molecule has 2 aromatic rings. The normalized spacial score (nSPS) is 14.3. The molecule has 0 bridgehead atoms. The average Bonchev–Trinajstić information content (AvgIpc) is 3.11. The predicted octanol–water partition coefficient (Wildman–Crippen LogP) is 3.49. The first kappa shape index (κ1) is 18.4. The summed E-state index contributed by atoms with van der Waals surface area (Å²) in [5.41, 5.74) is 1.90. The summed E-state index contributed by atoms with van der Waals surface area (Å²) in [6.45, 7) is 7.03. The smallest absolute Gasteiger partial charge is 0.264 e. The number of anilines is 1. The van der Waals surface area contributed by atoms with E-state index in [-0.39, 0.29) is 5.91 Å². The molecule has 5 nitrogen and oxygen atoms in total. The Hall–Kier alpha value is -2.39. The lowest BCUT2D eigenvalue weighted by Crippen LogP contribution is -2.49. The van der Waals surface area contributed by atoms with Crippen molar-refractivity contribution in [2.75, 3.05) is 31.1 Å². The zero-order valence-electron chi connectivity index (χ0n) is 15.4. The van der Waals surface area contributed by atoms with Crippen LogP contribution < -0.4 is 4.90 Å². The largest absolute Gasteiger partial charge is 0.352 e. The first-order valence-electron chi connectivity index (χ1n) is 9.18. The van der Waals surface area contributed by atoms with Crippen molar-refractivity contribution < 1.29 is 4.79 Å². The minimum atomic E-state index is 0.133. The molecule has 0 saturated carbocycles. The number of hydrogen-bond acceptors (Lipinski definition) is 5. The molecule has 136 valence electrons. The molecule has 3 rings (SSSR count). The number of nitrogens with zero attached hydrogens (tertiary/aromatic N) is 4. The average molecular weight is 369 g/mol. The van der Waals surface area contributed by atoms with Gasteiger partial charge in [-0.25, -0.2) is 4.98 Å². The van der Waals surface area contributed by atoms with Crippen LogP contribution in [0.25, 0.3) is 0 Å². The highest BCUT2D eigenvalue weighted by Crippen LogP contribution is 2.26. The number of rotatable bonds is 5. The Bertz CT molecular complexity index is 815. The van der Waals surface area contributed by atoms with Crippen LogP contribution in [-0.2, 0) is 12.8 Å². The van der Waals surface area contributed by atoms with Gasteiger partial charge < -0.3 is 9.80 Å². The van der Waals surface area contributed by atoms with E-state index in [0.29, 0.717) is 31.7 Å². The summed E-state index contributed by atoms with van der Waals surface area (Å²) < 4.78 is 0. The van der Waals surface area contributed by atoms with Crippen molar-refractivity contribution >= 4 is 23.1 Å². The number of piperazine rings is 1. The van der Waals surface area contributed by atoms with E-state index in [9.17, 15) is 10.1 Å². The van der Waals surface area contributed by atoms with E-state index in [0.717, 1.165) is 30.0 Å². The fraction of sp³-hybridized carbons (Fsp3) is 0.450. The molecule has 0 radical (unpaired) electrons. The Morgan fingerprint density at radius 1 is 1.31 bits per heavy atom. The number of amides is 1. The van der Waals surface area contributed by atoms with E-state index in [1.54, 1.807) is 29.7 Å². The van der Waals surface area contributed by atoms with Crippen molar-refractivity contribution in [2.45, 2.75) is 33.1 Å². The molecule has 0 atom stereocenters. The lowest BCUT2D eigenvalue weighted by Gasteiger charge is -2.35. The van der Waals surface area contributed by atoms with Crippen molar-refractivity contribution in [2.24, 2.45) is 0 Å². The molecule has 0 aromatic carbocycles. The first-order valence-corrected chi connectivity index (χ1v) is 10.0. The van der Waals surface area contributed by atoms with Gasteiger partial charge in [-0.3, -0.25) is 4.79 Å². The van der Waals surface area contributed by atoms with E-state index < -0.39 is 0 Å². The molecule has 0 unspecified atom stereocenters. The Labute approximate surface area is 158 Å². The molecule has 6 heteroatoms. The molecule has 1 saturated heterocycles. The monoisotopic (exact) mass is 368 g/mol. The Morgan fingerprint density at radius 3 is 2.73 bits per heavy atom. The van der Waals surface area contributed by atoms with Gasteiger partial charge in [-0.1, -0.05) is 20.3 Å². The highest BCUT2D eigenvalue weighted by atomic mass is 32.1. The number of carbonyl (C=O) groups excluding carboxylic acids is 1. The number of nitriles is 1. The maximum Gasteiger partial charge on any atom is 0.264 e. The van der Waals surface area contributed by atoms with E-state index in [1.165, 1.54) is 10.4 Å². The number of carbonyl (C=O) groups is 1. The van der Waals surface area contributed by atoms with Crippen molar-refractivity contribution in [1.29, 1.82) is 5.26 Å². The summed E-state index contributed by atoms with van der Waals surface area (Å²) in [7, 11) is 0. The highest BCUT2D eigenvalue weighted by Gasteiger charge is 2.25. The predicted molar refractivity (Wildman–Crippen MR) is 105 cm³/mol. The molecule has 1 aliphatic heterocycles. The van der Waals surface area contributed by atoms with Gasteiger partial charge in [0.1, 0.15) is 11.9 Å². The maximum absolute atomic E-state index is 12.9. The lowest BCUT2D eigenvalue weighted by atomic mass is 10.1. The standard InChI is InChI=1S/C20H24N4OS/c1-3-6-17-15(4-2)13-18(26-17)20(25)24-11-9-23(10-12-24)19-16(14-21)7-5-8-22-19/h5,7-8,13H,3-4,6,9-12H2,1-2H3. The minimum absolute atomic E-state index is 0.133. The van der Waals surface area contributed by atoms with E-state index in [1.807, 2.05) is 4.90 Å². The van der Waals surface area contributed by atoms with Crippen LogP contribution in [-0.4, -0.2) is 42.0 Å². The maximum atomic E-state index is 12.9. The van der Waals surface area contributed by atoms with Crippen LogP contribution in [0, 0.1) is 11.3 Å². The first-order chi connectivity index (χ1) is 12.7. The van der Waals surface area contributed by atoms with Crippen LogP contribution in [0.15, 0.2) is 24.4 Å². The molecular weight excluding hydrogens is 344 g/mol. The van der Waals surface area contributed by atoms with Gasteiger partial charge in [0, 0.05) is 37.3 Å². The van der Waals surface area contributed by atoms with Gasteiger partial charge in [0.25, 0.3) is 5.91 Å². The molecule has 1 amide bonds. The Balaban J connectivity index is 1.68. The van der Waals surface area contributed by atoms with Crippen molar-refractivity contribution in [1.82, 2.24) is 9.88 Å². The second kappa shape index (κ2) is 8.33. The fourth-order valence-corrected chi connectivity index (χ4v) is 4.65. The number of thiophene rings is 1. The fourth-order valence-electron chi connectivity index (χ4n) is 3.32. The molecule has 0 aliphatic carbocycles. The van der Waals surface area contributed by atoms with Crippen LogP contribution in [0.1, 0.15) is 45.9 Å². The van der Waals surface area contributed by atoms with Gasteiger partial charge in [-0.2, -0.15) is 5.26 Å². The summed E-state index contributed by atoms with van der Waals surface area (Å²) in [5, 5.41) is 9.25. The molecule has 26 heavy (non-hydrogen) atoms. The number of hydrogen-bond donors (Lipinski definition) is 0. The van der Waals surface area contributed by atoms with Crippen molar-refractivity contribution in [3.05, 3.63) is 45.3 Å². The summed E-state index contributed by atoms with van der Waals surface area (Å²) >= 11 is 1.65. The van der Waals surface area contributed by atoms with Crippen molar-refractivity contribution in [3.63, 3.8) is 0 Å². The number of aryl methyl sites for hydroxylation is 2. The molecule has 0 spiro atoms. The minimum Gasteiger partial charge on any atom is -0.352 e. The summed E-state index contributed by atoms with van der Waals surface area (Å²) in [6, 6.07) is 7.84. The molecule has 1 fully saturated rings. The van der Waals surface area contributed by atoms with Gasteiger partial charge in [0.2, 0.25) is 0 Å². The third kappa shape index (κ3) is 3.73. The molecule has 3 heterocycles. The van der Waals surface area contributed by atoms with Crippen LogP contribution in [0.5, 0.6) is 0 Å². The second-order valence-electron chi connectivity index (χ2n) is 6.43.